The van der Waals surface area contributed by atoms with E-state index in [9.17, 15) is 0 Å². The van der Waals surface area contributed by atoms with E-state index in [0.717, 1.165) is 37.4 Å². The van der Waals surface area contributed by atoms with Crippen molar-refractivity contribution in [3.63, 3.8) is 0 Å². The first-order valence-corrected chi connectivity index (χ1v) is 11.9. The number of ether oxygens (including phenoxy) is 2. The van der Waals surface area contributed by atoms with E-state index in [4.69, 9.17) is 9.47 Å². The molecule has 0 saturated carbocycles. The third kappa shape index (κ3) is 8.19. The lowest BCUT2D eigenvalue weighted by atomic mass is 10.2. The minimum Gasteiger partial charge on any atom is -0.493 e. The molecule has 2 aromatic rings. The highest BCUT2D eigenvalue weighted by Gasteiger charge is 2.11. The fraction of sp³-hybridized carbons (Fsp3) is 0.423. The summed E-state index contributed by atoms with van der Waals surface area (Å²) in [5, 5.41) is 6.60. The van der Waals surface area contributed by atoms with Crippen LogP contribution in [0.5, 0.6) is 11.5 Å². The van der Waals surface area contributed by atoms with E-state index in [-0.39, 0.29) is 0 Å². The minimum atomic E-state index is 0.511. The number of aliphatic imine (C=N–C) groups is 1. The molecule has 1 aliphatic heterocycles. The predicted octanol–water partition coefficient (Wildman–Crippen LogP) is 5.06. The molecule has 2 heterocycles. The Bertz CT molecular complexity index is 970. The van der Waals surface area contributed by atoms with Crippen LogP contribution in [0.25, 0.3) is 0 Å². The van der Waals surface area contributed by atoms with Crippen molar-refractivity contribution >= 4 is 24.2 Å². The molecule has 182 valence electrons. The van der Waals surface area contributed by atoms with Crippen LogP contribution in [0.3, 0.4) is 0 Å². The third-order valence-corrected chi connectivity index (χ3v) is 5.63. The molecule has 1 aromatic carbocycles. The van der Waals surface area contributed by atoms with Crippen molar-refractivity contribution in [2.24, 2.45) is 4.99 Å². The molecule has 0 bridgehead atoms. The number of aromatic nitrogens is 2. The average Bonchev–Trinajstić information content (AvgIpc) is 3.38. The molecule has 1 aliphatic rings. The number of hydrogen-bond acceptors (Lipinski definition) is 8. The van der Waals surface area contributed by atoms with Gasteiger partial charge in [-0.3, -0.25) is 4.99 Å². The van der Waals surface area contributed by atoms with E-state index in [1.807, 2.05) is 37.3 Å². The lowest BCUT2D eigenvalue weighted by molar-refractivity contribution is 0.254. The molecule has 0 radical (unpaired) electrons. The average molecular weight is 465 g/mol. The van der Waals surface area contributed by atoms with Crippen LogP contribution in [0.4, 0.5) is 17.5 Å². The number of nitrogens with one attached hydrogen (secondary N) is 2. The number of benzene rings is 1. The zero-order chi connectivity index (χ0) is 24.0. The summed E-state index contributed by atoms with van der Waals surface area (Å²) in [6.07, 6.45) is 11.9. The van der Waals surface area contributed by atoms with Crippen molar-refractivity contribution in [3.05, 3.63) is 54.4 Å². The Kier molecular flexibility index (Phi) is 10.4. The smallest absolute Gasteiger partial charge is 0.229 e. The van der Waals surface area contributed by atoms with Gasteiger partial charge in [0.25, 0.3) is 0 Å². The van der Waals surface area contributed by atoms with Crippen LogP contribution in [-0.4, -0.2) is 61.5 Å². The summed E-state index contributed by atoms with van der Waals surface area (Å²) in [4.78, 5) is 15.2. The highest BCUT2D eigenvalue weighted by Crippen LogP contribution is 2.31. The van der Waals surface area contributed by atoms with Gasteiger partial charge in [-0.1, -0.05) is 6.08 Å². The van der Waals surface area contributed by atoms with E-state index >= 15 is 0 Å². The van der Waals surface area contributed by atoms with Crippen LogP contribution in [0, 0.1) is 0 Å². The summed E-state index contributed by atoms with van der Waals surface area (Å²) in [5.74, 6) is 2.69. The van der Waals surface area contributed by atoms with Gasteiger partial charge >= 0.3 is 0 Å². The number of likely N-dealkylation sites (tertiary alicyclic amines) is 1. The number of anilines is 3. The van der Waals surface area contributed by atoms with Crippen LogP contribution in [0.15, 0.2) is 59.4 Å². The van der Waals surface area contributed by atoms with E-state index < -0.39 is 0 Å². The zero-order valence-corrected chi connectivity index (χ0v) is 20.3. The van der Waals surface area contributed by atoms with Crippen molar-refractivity contribution in [1.29, 1.82) is 0 Å². The van der Waals surface area contributed by atoms with Crippen LogP contribution in [-0.2, 0) is 0 Å². The second kappa shape index (κ2) is 14.0. The molecule has 0 atom stereocenters. The van der Waals surface area contributed by atoms with Gasteiger partial charge in [-0.15, -0.1) is 0 Å². The summed E-state index contributed by atoms with van der Waals surface area (Å²) in [5.41, 5.74) is 2.02. The summed E-state index contributed by atoms with van der Waals surface area (Å²) in [7, 11) is 1.65. The highest BCUT2D eigenvalue weighted by atomic mass is 16.5. The monoisotopic (exact) mass is 464 g/mol. The van der Waals surface area contributed by atoms with E-state index in [1.165, 1.54) is 31.5 Å². The SMILES string of the molecule is C=N/C=C\C(=C/C)CCNc1ccnc(Nc2ccc(OC)c(OCCCN3CCCC3)c2)n1. The predicted molar refractivity (Wildman–Crippen MR) is 140 cm³/mol. The molecule has 0 unspecified atom stereocenters. The first-order chi connectivity index (χ1) is 16.7. The van der Waals surface area contributed by atoms with Crippen molar-refractivity contribution in [2.75, 3.05) is 50.5 Å². The van der Waals surface area contributed by atoms with Gasteiger partial charge in [-0.05, 0) is 82.3 Å². The summed E-state index contributed by atoms with van der Waals surface area (Å²) in [6.45, 7) is 10.4. The van der Waals surface area contributed by atoms with Gasteiger partial charge in [-0.25, -0.2) is 4.98 Å². The quantitative estimate of drug-likeness (QED) is 0.230. The molecular formula is C26H36N6O2. The van der Waals surface area contributed by atoms with Crippen LogP contribution in [0.2, 0.25) is 0 Å². The molecule has 2 N–H and O–H groups in total. The maximum absolute atomic E-state index is 6.04. The van der Waals surface area contributed by atoms with Gasteiger partial charge in [0.1, 0.15) is 5.82 Å². The lowest BCUT2D eigenvalue weighted by Gasteiger charge is -2.16. The van der Waals surface area contributed by atoms with Crippen molar-refractivity contribution in [1.82, 2.24) is 14.9 Å². The molecule has 34 heavy (non-hydrogen) atoms. The van der Waals surface area contributed by atoms with Crippen LogP contribution >= 0.6 is 0 Å². The van der Waals surface area contributed by atoms with Gasteiger partial charge in [0.2, 0.25) is 5.95 Å². The van der Waals surface area contributed by atoms with Crippen LogP contribution in [0.1, 0.15) is 32.6 Å². The Labute approximate surface area is 202 Å². The molecular weight excluding hydrogens is 428 g/mol. The van der Waals surface area contributed by atoms with E-state index in [2.05, 4.69) is 43.3 Å². The van der Waals surface area contributed by atoms with Gasteiger partial charge < -0.3 is 25.0 Å². The van der Waals surface area contributed by atoms with Crippen LogP contribution < -0.4 is 20.1 Å². The highest BCUT2D eigenvalue weighted by molar-refractivity contribution is 5.60. The maximum Gasteiger partial charge on any atom is 0.229 e. The first-order valence-electron chi connectivity index (χ1n) is 11.9. The fourth-order valence-corrected chi connectivity index (χ4v) is 3.80. The minimum absolute atomic E-state index is 0.511. The number of allylic oxidation sites excluding steroid dienone is 2. The van der Waals surface area contributed by atoms with Gasteiger partial charge in [0.05, 0.1) is 13.7 Å². The topological polar surface area (TPSA) is 83.9 Å². The number of hydrogen-bond donors (Lipinski definition) is 2. The Balaban J connectivity index is 1.54. The van der Waals surface area contributed by atoms with Crippen molar-refractivity contribution in [2.45, 2.75) is 32.6 Å². The molecule has 0 amide bonds. The molecule has 8 heteroatoms. The largest absolute Gasteiger partial charge is 0.493 e. The molecule has 1 aromatic heterocycles. The number of rotatable bonds is 14. The Morgan fingerprint density at radius 2 is 2.09 bits per heavy atom. The van der Waals surface area contributed by atoms with Crippen molar-refractivity contribution < 1.29 is 9.47 Å². The number of methoxy groups -OCH3 is 1. The molecule has 3 rings (SSSR count). The summed E-state index contributed by atoms with van der Waals surface area (Å²) < 4.78 is 11.5. The Morgan fingerprint density at radius 1 is 1.24 bits per heavy atom. The summed E-state index contributed by atoms with van der Waals surface area (Å²) in [6, 6.07) is 7.60. The number of nitrogens with zero attached hydrogens (tertiary/aromatic N) is 4. The summed E-state index contributed by atoms with van der Waals surface area (Å²) >= 11 is 0. The molecule has 0 spiro atoms. The molecule has 1 saturated heterocycles. The third-order valence-electron chi connectivity index (χ3n) is 5.63. The van der Waals surface area contributed by atoms with Gasteiger partial charge in [-0.2, -0.15) is 4.98 Å². The fourth-order valence-electron chi connectivity index (χ4n) is 3.80. The second-order valence-corrected chi connectivity index (χ2v) is 8.05. The normalized spacial score (nSPS) is 14.4. The van der Waals surface area contributed by atoms with Crippen molar-refractivity contribution in [3.8, 4) is 11.5 Å². The Hall–Kier alpha value is -3.39. The first kappa shape index (κ1) is 25.2. The van der Waals surface area contributed by atoms with Gasteiger partial charge in [0.15, 0.2) is 11.5 Å². The maximum atomic E-state index is 6.04. The molecule has 1 fully saturated rings. The molecule has 8 nitrogen and oxygen atoms in total. The van der Waals surface area contributed by atoms with E-state index in [1.54, 1.807) is 19.5 Å². The Morgan fingerprint density at radius 3 is 2.85 bits per heavy atom. The lowest BCUT2D eigenvalue weighted by Crippen LogP contribution is -2.21. The zero-order valence-electron chi connectivity index (χ0n) is 20.3. The van der Waals surface area contributed by atoms with E-state index in [0.29, 0.717) is 24.1 Å². The standard InChI is InChI=1S/C26H36N6O2/c1-4-21(10-13-27-2)11-14-28-25-12-15-29-26(31-25)30-22-8-9-23(33-3)24(20-22)34-19-7-18-32-16-5-6-17-32/h4,8-10,12-13,15,20H,2,5-7,11,14,16-19H2,1,3H3,(H2,28,29,30,31)/b13-10-,21-4+. The second-order valence-electron chi connectivity index (χ2n) is 8.05. The molecule has 0 aliphatic carbocycles. The van der Waals surface area contributed by atoms with Gasteiger partial charge in [0, 0.05) is 37.2 Å².